The Morgan fingerprint density at radius 3 is 2.19 bits per heavy atom. The number of anilines is 1. The van der Waals surface area contributed by atoms with Gasteiger partial charge in [0.15, 0.2) is 0 Å². The van der Waals surface area contributed by atoms with Crippen molar-refractivity contribution in [3.63, 3.8) is 0 Å². The molecule has 1 N–H and O–H groups in total. The molecule has 0 fully saturated rings. The maximum absolute atomic E-state index is 13.4. The molecule has 1 aliphatic rings. The lowest BCUT2D eigenvalue weighted by Gasteiger charge is -2.32. The van der Waals surface area contributed by atoms with Crippen LogP contribution in [-0.2, 0) is 27.7 Å². The second-order valence-electron chi connectivity index (χ2n) is 8.32. The number of sulfonamides is 1. The minimum atomic E-state index is -3.77. The number of fused-ring (bicyclic) bond motifs is 1. The maximum atomic E-state index is 13.4. The van der Waals surface area contributed by atoms with Gasteiger partial charge in [-0.1, -0.05) is 55.2 Å². The fourth-order valence-corrected chi connectivity index (χ4v) is 6.10. The van der Waals surface area contributed by atoms with E-state index < -0.39 is 16.1 Å². The fraction of sp³-hybridized carbons (Fsp3) is 0.458. The number of hydrogen-bond donors (Lipinski definition) is 1. The molecule has 0 unspecified atom stereocenters. The molecule has 2 aromatic rings. The standard InChI is InChI=1S/C24H30Cl2N2O3S/c1-4-22(18-11-10-16-8-6-7-9-17(16)12-18)27-24(29)23(5-2)28(32(3,30)31)21-14-19(25)13-20(26)15-21/h10-15,22-23H,4-9H2,1-3H3,(H,27,29)/t22-,23-/m1/s1. The largest absolute Gasteiger partial charge is 0.347 e. The third-order valence-electron chi connectivity index (χ3n) is 5.93. The van der Waals surface area contributed by atoms with Crippen LogP contribution in [0.2, 0.25) is 10.0 Å². The second kappa shape index (κ2) is 10.4. The van der Waals surface area contributed by atoms with Crippen LogP contribution in [0.4, 0.5) is 5.69 Å². The topological polar surface area (TPSA) is 66.5 Å². The average Bonchev–Trinajstić information content (AvgIpc) is 2.73. The van der Waals surface area contributed by atoms with Crippen molar-refractivity contribution in [2.75, 3.05) is 10.6 Å². The molecule has 1 amide bonds. The summed E-state index contributed by atoms with van der Waals surface area (Å²) in [6, 6.07) is 9.83. The molecule has 1 aliphatic carbocycles. The summed E-state index contributed by atoms with van der Waals surface area (Å²) in [4.78, 5) is 13.4. The Bertz CT molecular complexity index is 1070. The molecule has 8 heteroatoms. The van der Waals surface area contributed by atoms with E-state index in [1.54, 1.807) is 6.92 Å². The van der Waals surface area contributed by atoms with Crippen LogP contribution in [0.15, 0.2) is 36.4 Å². The molecule has 3 rings (SSSR count). The fourth-order valence-electron chi connectivity index (χ4n) is 4.39. The van der Waals surface area contributed by atoms with E-state index in [0.717, 1.165) is 29.0 Å². The van der Waals surface area contributed by atoms with Crippen LogP contribution in [-0.4, -0.2) is 26.6 Å². The van der Waals surface area contributed by atoms with Gasteiger partial charge in [0.2, 0.25) is 15.9 Å². The molecular weight excluding hydrogens is 467 g/mol. The zero-order chi connectivity index (χ0) is 23.5. The summed E-state index contributed by atoms with van der Waals surface area (Å²) in [7, 11) is -3.77. The van der Waals surface area contributed by atoms with Crippen LogP contribution in [0, 0.1) is 0 Å². The van der Waals surface area contributed by atoms with Gasteiger partial charge in [-0.25, -0.2) is 8.42 Å². The molecule has 0 radical (unpaired) electrons. The van der Waals surface area contributed by atoms with Crippen LogP contribution in [0.5, 0.6) is 0 Å². The van der Waals surface area contributed by atoms with Gasteiger partial charge in [0.1, 0.15) is 6.04 Å². The molecule has 0 saturated carbocycles. The lowest BCUT2D eigenvalue weighted by molar-refractivity contribution is -0.123. The molecule has 32 heavy (non-hydrogen) atoms. The third-order valence-corrected chi connectivity index (χ3v) is 7.55. The molecule has 0 bridgehead atoms. The Kier molecular flexibility index (Phi) is 8.12. The monoisotopic (exact) mass is 496 g/mol. The van der Waals surface area contributed by atoms with Gasteiger partial charge in [0.25, 0.3) is 0 Å². The Hall–Kier alpha value is -1.76. The highest BCUT2D eigenvalue weighted by atomic mass is 35.5. The summed E-state index contributed by atoms with van der Waals surface area (Å²) in [6.45, 7) is 3.80. The molecule has 2 atom stereocenters. The Morgan fingerprint density at radius 2 is 1.62 bits per heavy atom. The predicted molar refractivity (Wildman–Crippen MR) is 132 cm³/mol. The van der Waals surface area contributed by atoms with Gasteiger partial charge in [-0.2, -0.15) is 0 Å². The number of halogens is 2. The summed E-state index contributed by atoms with van der Waals surface area (Å²) in [5.41, 5.74) is 4.05. The lowest BCUT2D eigenvalue weighted by atomic mass is 9.88. The number of carbonyl (C=O) groups is 1. The summed E-state index contributed by atoms with van der Waals surface area (Å²) in [5, 5.41) is 3.69. The Labute approximate surface area is 201 Å². The predicted octanol–water partition coefficient (Wildman–Crippen LogP) is 5.68. The van der Waals surface area contributed by atoms with Crippen molar-refractivity contribution in [3.8, 4) is 0 Å². The number of nitrogens with zero attached hydrogens (tertiary/aromatic N) is 1. The normalized spacial score (nSPS) is 15.5. The van der Waals surface area contributed by atoms with Crippen LogP contribution in [0.1, 0.15) is 62.3 Å². The molecule has 0 aliphatic heterocycles. The van der Waals surface area contributed by atoms with E-state index in [9.17, 15) is 13.2 Å². The minimum Gasteiger partial charge on any atom is -0.347 e. The van der Waals surface area contributed by atoms with E-state index in [4.69, 9.17) is 23.2 Å². The Balaban J connectivity index is 1.90. The number of aryl methyl sites for hydroxylation is 2. The first-order chi connectivity index (χ1) is 15.1. The van der Waals surface area contributed by atoms with Crippen molar-refractivity contribution in [3.05, 3.63) is 63.1 Å². The zero-order valence-electron chi connectivity index (χ0n) is 18.7. The molecule has 5 nitrogen and oxygen atoms in total. The first-order valence-electron chi connectivity index (χ1n) is 11.0. The van der Waals surface area contributed by atoms with E-state index >= 15 is 0 Å². The van der Waals surface area contributed by atoms with Gasteiger partial charge in [-0.3, -0.25) is 9.10 Å². The number of carbonyl (C=O) groups excluding carboxylic acids is 1. The van der Waals surface area contributed by atoms with Crippen LogP contribution in [0.25, 0.3) is 0 Å². The number of hydrogen-bond acceptors (Lipinski definition) is 3. The third kappa shape index (κ3) is 5.77. The number of benzene rings is 2. The van der Waals surface area contributed by atoms with Crippen molar-refractivity contribution in [2.45, 2.75) is 64.5 Å². The van der Waals surface area contributed by atoms with Gasteiger partial charge in [-0.15, -0.1) is 0 Å². The highest BCUT2D eigenvalue weighted by molar-refractivity contribution is 7.92. The van der Waals surface area contributed by atoms with Crippen molar-refractivity contribution in [1.82, 2.24) is 5.32 Å². The van der Waals surface area contributed by atoms with Crippen molar-refractivity contribution < 1.29 is 13.2 Å². The van der Waals surface area contributed by atoms with Gasteiger partial charge in [0.05, 0.1) is 18.0 Å². The highest BCUT2D eigenvalue weighted by Crippen LogP contribution is 2.30. The molecule has 0 saturated heterocycles. The summed E-state index contributed by atoms with van der Waals surface area (Å²) >= 11 is 12.2. The number of nitrogens with one attached hydrogen (secondary N) is 1. The first-order valence-corrected chi connectivity index (χ1v) is 13.6. The molecule has 0 spiro atoms. The van der Waals surface area contributed by atoms with Crippen molar-refractivity contribution in [2.24, 2.45) is 0 Å². The second-order valence-corrected chi connectivity index (χ2v) is 11.0. The van der Waals surface area contributed by atoms with E-state index in [2.05, 4.69) is 23.5 Å². The number of amides is 1. The van der Waals surface area contributed by atoms with Crippen molar-refractivity contribution >= 4 is 44.8 Å². The van der Waals surface area contributed by atoms with E-state index in [0.29, 0.717) is 22.9 Å². The average molecular weight is 497 g/mol. The van der Waals surface area contributed by atoms with Gasteiger partial charge in [-0.05, 0) is 73.4 Å². The highest BCUT2D eigenvalue weighted by Gasteiger charge is 2.33. The quantitative estimate of drug-likeness (QED) is 0.510. The number of rotatable bonds is 8. The maximum Gasteiger partial charge on any atom is 0.244 e. The molecule has 2 aromatic carbocycles. The Morgan fingerprint density at radius 1 is 1.00 bits per heavy atom. The summed E-state index contributed by atoms with van der Waals surface area (Å²) < 4.78 is 26.5. The summed E-state index contributed by atoms with van der Waals surface area (Å²) in [5.74, 6) is -0.349. The smallest absolute Gasteiger partial charge is 0.244 e. The van der Waals surface area contributed by atoms with Crippen LogP contribution in [0.3, 0.4) is 0 Å². The van der Waals surface area contributed by atoms with Gasteiger partial charge >= 0.3 is 0 Å². The zero-order valence-corrected chi connectivity index (χ0v) is 21.0. The van der Waals surface area contributed by atoms with Crippen LogP contribution >= 0.6 is 23.2 Å². The lowest BCUT2D eigenvalue weighted by Crippen LogP contribution is -2.50. The molecule has 0 heterocycles. The van der Waals surface area contributed by atoms with Crippen molar-refractivity contribution in [1.29, 1.82) is 0 Å². The first kappa shape index (κ1) is 24.9. The molecular formula is C24H30Cl2N2O3S. The molecule has 174 valence electrons. The van der Waals surface area contributed by atoms with E-state index in [1.807, 2.05) is 6.92 Å². The molecule has 0 aromatic heterocycles. The van der Waals surface area contributed by atoms with E-state index in [-0.39, 0.29) is 17.6 Å². The van der Waals surface area contributed by atoms with Gasteiger partial charge < -0.3 is 5.32 Å². The van der Waals surface area contributed by atoms with Gasteiger partial charge in [0, 0.05) is 10.0 Å². The summed E-state index contributed by atoms with van der Waals surface area (Å²) in [6.07, 6.45) is 6.63. The van der Waals surface area contributed by atoms with Crippen LogP contribution < -0.4 is 9.62 Å². The van der Waals surface area contributed by atoms with E-state index in [1.165, 1.54) is 42.2 Å². The minimum absolute atomic E-state index is 0.201. The SMILES string of the molecule is CC[C@H](C(=O)N[C@H](CC)c1ccc2c(c1)CCCC2)N(c1cc(Cl)cc(Cl)c1)S(C)(=O)=O.